The smallest absolute Gasteiger partial charge is 0.409 e. The number of hydrogen-bond donors (Lipinski definition) is 1. The van der Waals surface area contributed by atoms with Crippen molar-refractivity contribution in [2.45, 2.75) is 25.8 Å². The Balaban J connectivity index is 1.48. The summed E-state index contributed by atoms with van der Waals surface area (Å²) in [5, 5.41) is 2.97. The zero-order chi connectivity index (χ0) is 18.4. The molecule has 1 aromatic heterocycles. The van der Waals surface area contributed by atoms with E-state index in [1.807, 2.05) is 0 Å². The summed E-state index contributed by atoms with van der Waals surface area (Å²) in [5.74, 6) is 0.521. The van der Waals surface area contributed by atoms with Gasteiger partial charge in [-0.15, -0.1) is 0 Å². The van der Waals surface area contributed by atoms with Crippen molar-refractivity contribution in [3.05, 3.63) is 18.1 Å². The molecule has 0 bridgehead atoms. The Labute approximate surface area is 152 Å². The zero-order valence-electron chi connectivity index (χ0n) is 15.0. The maximum Gasteiger partial charge on any atom is 0.409 e. The summed E-state index contributed by atoms with van der Waals surface area (Å²) < 4.78 is 10.3. The molecule has 142 valence electrons. The lowest BCUT2D eigenvalue weighted by Crippen LogP contribution is -2.46. The summed E-state index contributed by atoms with van der Waals surface area (Å²) in [6.07, 6.45) is 4.24. The van der Waals surface area contributed by atoms with Crippen molar-refractivity contribution in [1.29, 1.82) is 0 Å². The van der Waals surface area contributed by atoms with E-state index in [0.717, 1.165) is 18.9 Å². The molecule has 26 heavy (non-hydrogen) atoms. The fourth-order valence-electron chi connectivity index (χ4n) is 3.07. The second-order valence-corrected chi connectivity index (χ2v) is 6.29. The van der Waals surface area contributed by atoms with E-state index in [9.17, 15) is 9.59 Å². The van der Waals surface area contributed by atoms with Crippen molar-refractivity contribution < 1.29 is 19.1 Å². The first-order valence-corrected chi connectivity index (χ1v) is 9.04. The first kappa shape index (κ1) is 18.4. The number of morpholine rings is 1. The molecule has 1 N–H and O–H groups in total. The van der Waals surface area contributed by atoms with E-state index in [1.165, 1.54) is 6.20 Å². The van der Waals surface area contributed by atoms with Crippen LogP contribution in [-0.2, 0) is 9.47 Å². The van der Waals surface area contributed by atoms with Crippen LogP contribution in [0, 0.1) is 0 Å². The number of likely N-dealkylation sites (tertiary alicyclic amines) is 1. The quantitative estimate of drug-likeness (QED) is 0.839. The van der Waals surface area contributed by atoms with E-state index in [-0.39, 0.29) is 18.0 Å². The van der Waals surface area contributed by atoms with Crippen molar-refractivity contribution in [3.63, 3.8) is 0 Å². The summed E-state index contributed by atoms with van der Waals surface area (Å²) in [6.45, 7) is 6.21. The first-order valence-electron chi connectivity index (χ1n) is 9.04. The summed E-state index contributed by atoms with van der Waals surface area (Å²) in [5.41, 5.74) is 0.301. The van der Waals surface area contributed by atoms with E-state index >= 15 is 0 Å². The molecule has 2 saturated heterocycles. The first-order chi connectivity index (χ1) is 12.7. The maximum absolute atomic E-state index is 12.4. The van der Waals surface area contributed by atoms with Gasteiger partial charge in [0.15, 0.2) is 0 Å². The van der Waals surface area contributed by atoms with E-state index in [1.54, 1.807) is 18.0 Å². The van der Waals surface area contributed by atoms with Crippen LogP contribution in [0.4, 0.5) is 10.6 Å². The number of anilines is 1. The van der Waals surface area contributed by atoms with Crippen LogP contribution in [0.5, 0.6) is 0 Å². The van der Waals surface area contributed by atoms with Crippen molar-refractivity contribution in [2.75, 3.05) is 50.9 Å². The Kier molecular flexibility index (Phi) is 6.21. The van der Waals surface area contributed by atoms with Crippen LogP contribution in [0.2, 0.25) is 0 Å². The lowest BCUT2D eigenvalue weighted by molar-refractivity contribution is 0.0856. The molecule has 0 saturated carbocycles. The Bertz CT molecular complexity index is 610. The highest BCUT2D eigenvalue weighted by atomic mass is 16.6. The number of ether oxygens (including phenoxy) is 2. The summed E-state index contributed by atoms with van der Waals surface area (Å²) >= 11 is 0. The minimum absolute atomic E-state index is 0.0221. The van der Waals surface area contributed by atoms with Gasteiger partial charge in [0.2, 0.25) is 0 Å². The SMILES string of the molecule is CCOC(=O)N1CCC(NC(=O)c2cnc(N3CCOCC3)cn2)CC1. The van der Waals surface area contributed by atoms with Gasteiger partial charge in [0.05, 0.1) is 32.2 Å². The van der Waals surface area contributed by atoms with Crippen LogP contribution in [0.3, 0.4) is 0 Å². The van der Waals surface area contributed by atoms with Crippen molar-refractivity contribution in [3.8, 4) is 0 Å². The van der Waals surface area contributed by atoms with E-state index in [2.05, 4.69) is 20.2 Å². The van der Waals surface area contributed by atoms with Gasteiger partial charge >= 0.3 is 6.09 Å². The fraction of sp³-hybridized carbons (Fsp3) is 0.647. The molecule has 0 aromatic carbocycles. The molecular formula is C17H25N5O4. The molecule has 2 aliphatic heterocycles. The van der Waals surface area contributed by atoms with Gasteiger partial charge in [0.1, 0.15) is 11.5 Å². The zero-order valence-corrected chi connectivity index (χ0v) is 15.0. The van der Waals surface area contributed by atoms with Gasteiger partial charge in [0.25, 0.3) is 5.91 Å². The number of amides is 2. The molecule has 0 unspecified atom stereocenters. The molecule has 2 aliphatic rings. The lowest BCUT2D eigenvalue weighted by atomic mass is 10.1. The predicted molar refractivity (Wildman–Crippen MR) is 94.1 cm³/mol. The van der Waals surface area contributed by atoms with Crippen LogP contribution < -0.4 is 10.2 Å². The summed E-state index contributed by atoms with van der Waals surface area (Å²) in [6, 6.07) is 0.0221. The van der Waals surface area contributed by atoms with Crippen LogP contribution >= 0.6 is 0 Å². The molecule has 0 atom stereocenters. The largest absolute Gasteiger partial charge is 0.450 e. The molecule has 0 spiro atoms. The third-order valence-electron chi connectivity index (χ3n) is 4.56. The van der Waals surface area contributed by atoms with Crippen LogP contribution in [-0.4, -0.2) is 78.9 Å². The normalized spacial score (nSPS) is 18.5. The third-order valence-corrected chi connectivity index (χ3v) is 4.56. The standard InChI is InChI=1S/C17H25N5O4/c1-2-26-17(24)22-5-3-13(4-6-22)20-16(23)14-11-19-15(12-18-14)21-7-9-25-10-8-21/h11-13H,2-10H2,1H3,(H,20,23). The summed E-state index contributed by atoms with van der Waals surface area (Å²) in [7, 11) is 0. The second-order valence-electron chi connectivity index (χ2n) is 6.29. The molecule has 1 aromatic rings. The topological polar surface area (TPSA) is 96.9 Å². The monoisotopic (exact) mass is 363 g/mol. The van der Waals surface area contributed by atoms with Gasteiger partial charge in [-0.05, 0) is 19.8 Å². The van der Waals surface area contributed by atoms with Crippen LogP contribution in [0.15, 0.2) is 12.4 Å². The molecule has 3 rings (SSSR count). The molecule has 2 amide bonds. The Hall–Kier alpha value is -2.42. The van der Waals surface area contributed by atoms with Crippen molar-refractivity contribution >= 4 is 17.8 Å². The Morgan fingerprint density at radius 2 is 1.92 bits per heavy atom. The number of carbonyl (C=O) groups excluding carboxylic acids is 2. The summed E-state index contributed by atoms with van der Waals surface area (Å²) in [4.78, 5) is 36.4. The predicted octanol–water partition coefficient (Wildman–Crippen LogP) is 0.664. The minimum atomic E-state index is -0.290. The van der Waals surface area contributed by atoms with Crippen molar-refractivity contribution in [2.24, 2.45) is 0 Å². The van der Waals surface area contributed by atoms with Crippen molar-refractivity contribution in [1.82, 2.24) is 20.2 Å². The van der Waals surface area contributed by atoms with Gasteiger partial charge < -0.3 is 24.6 Å². The van der Waals surface area contributed by atoms with E-state index in [4.69, 9.17) is 9.47 Å². The molecule has 3 heterocycles. The Morgan fingerprint density at radius 3 is 2.54 bits per heavy atom. The lowest BCUT2D eigenvalue weighted by Gasteiger charge is -2.31. The molecule has 0 aliphatic carbocycles. The molecular weight excluding hydrogens is 338 g/mol. The number of nitrogens with one attached hydrogen (secondary N) is 1. The molecule has 9 nitrogen and oxygen atoms in total. The van der Waals surface area contributed by atoms with Crippen LogP contribution in [0.25, 0.3) is 0 Å². The number of hydrogen-bond acceptors (Lipinski definition) is 7. The van der Waals surface area contributed by atoms with Gasteiger partial charge in [-0.3, -0.25) is 4.79 Å². The van der Waals surface area contributed by atoms with Gasteiger partial charge in [-0.25, -0.2) is 14.8 Å². The highest BCUT2D eigenvalue weighted by molar-refractivity contribution is 5.92. The molecule has 0 radical (unpaired) electrons. The maximum atomic E-state index is 12.4. The van der Waals surface area contributed by atoms with Gasteiger partial charge in [-0.2, -0.15) is 0 Å². The average Bonchev–Trinajstić information content (AvgIpc) is 2.69. The fourth-order valence-corrected chi connectivity index (χ4v) is 3.07. The minimum Gasteiger partial charge on any atom is -0.450 e. The number of nitrogens with zero attached hydrogens (tertiary/aromatic N) is 4. The van der Waals surface area contributed by atoms with E-state index in [0.29, 0.717) is 51.4 Å². The highest BCUT2D eigenvalue weighted by Crippen LogP contribution is 2.13. The highest BCUT2D eigenvalue weighted by Gasteiger charge is 2.25. The number of carbonyl (C=O) groups is 2. The number of rotatable bonds is 4. The second kappa shape index (κ2) is 8.79. The van der Waals surface area contributed by atoms with Gasteiger partial charge in [0, 0.05) is 32.2 Å². The van der Waals surface area contributed by atoms with Crippen LogP contribution in [0.1, 0.15) is 30.3 Å². The van der Waals surface area contributed by atoms with E-state index < -0.39 is 0 Å². The average molecular weight is 363 g/mol. The number of aromatic nitrogens is 2. The molecule has 2 fully saturated rings. The third kappa shape index (κ3) is 4.60. The Morgan fingerprint density at radius 1 is 1.19 bits per heavy atom. The molecule has 9 heteroatoms. The van der Waals surface area contributed by atoms with Gasteiger partial charge in [-0.1, -0.05) is 0 Å². The number of piperidine rings is 1.